The third-order valence-electron chi connectivity index (χ3n) is 5.46. The highest BCUT2D eigenvalue weighted by Gasteiger charge is 2.34. The third kappa shape index (κ3) is 4.82. The summed E-state index contributed by atoms with van der Waals surface area (Å²) in [4.78, 5) is 26.8. The van der Waals surface area contributed by atoms with Crippen molar-refractivity contribution in [1.82, 2.24) is 5.32 Å². The zero-order valence-corrected chi connectivity index (χ0v) is 18.5. The van der Waals surface area contributed by atoms with Crippen molar-refractivity contribution in [3.8, 4) is 0 Å². The predicted octanol–water partition coefficient (Wildman–Crippen LogP) is 4.53. The normalized spacial score (nSPS) is 16.2. The molecule has 156 valence electrons. The molecule has 2 aromatic rings. The van der Waals surface area contributed by atoms with Gasteiger partial charge in [-0.25, -0.2) is 0 Å². The number of halogens is 1. The van der Waals surface area contributed by atoms with E-state index < -0.39 is 0 Å². The van der Waals surface area contributed by atoms with Crippen LogP contribution in [0.3, 0.4) is 0 Å². The molecule has 29 heavy (non-hydrogen) atoms. The highest BCUT2D eigenvalue weighted by molar-refractivity contribution is 7.17. The first kappa shape index (κ1) is 21.8. The molecule has 0 spiro atoms. The van der Waals surface area contributed by atoms with Crippen LogP contribution in [0.2, 0.25) is 5.02 Å². The monoisotopic (exact) mass is 434 g/mol. The summed E-state index contributed by atoms with van der Waals surface area (Å²) in [6.07, 6.45) is 2.70. The number of anilines is 1. The predicted molar refractivity (Wildman–Crippen MR) is 118 cm³/mol. The van der Waals surface area contributed by atoms with Gasteiger partial charge in [-0.15, -0.1) is 11.3 Å². The van der Waals surface area contributed by atoms with Crippen LogP contribution >= 0.6 is 22.9 Å². The van der Waals surface area contributed by atoms with Crippen LogP contribution in [0.4, 0.5) is 5.00 Å². The molecule has 0 aliphatic heterocycles. The molecule has 7 heteroatoms. The van der Waals surface area contributed by atoms with E-state index in [0.29, 0.717) is 27.1 Å². The molecule has 0 saturated carbocycles. The number of thiophene rings is 1. The molecule has 5 nitrogen and oxygen atoms in total. The lowest BCUT2D eigenvalue weighted by atomic mass is 9.72. The van der Waals surface area contributed by atoms with E-state index in [1.54, 1.807) is 24.3 Å². The van der Waals surface area contributed by atoms with E-state index in [4.69, 9.17) is 16.7 Å². The maximum absolute atomic E-state index is 12.8. The summed E-state index contributed by atoms with van der Waals surface area (Å²) in [5, 5.41) is 15.6. The minimum atomic E-state index is -0.335. The van der Waals surface area contributed by atoms with Crippen molar-refractivity contribution in [2.75, 3.05) is 18.5 Å². The summed E-state index contributed by atoms with van der Waals surface area (Å²) in [5.41, 5.74) is 2.09. The summed E-state index contributed by atoms with van der Waals surface area (Å²) in [6.45, 7) is 6.76. The van der Waals surface area contributed by atoms with Gasteiger partial charge >= 0.3 is 0 Å². The number of fused-ring (bicyclic) bond motifs is 1. The Bertz CT molecular complexity index is 917. The third-order valence-corrected chi connectivity index (χ3v) is 6.96. The lowest BCUT2D eigenvalue weighted by molar-refractivity contribution is 0.0944. The highest BCUT2D eigenvalue weighted by atomic mass is 35.5. The van der Waals surface area contributed by atoms with Crippen LogP contribution < -0.4 is 10.6 Å². The number of carbonyl (C=O) groups excluding carboxylic acids is 2. The number of hydrogen-bond acceptors (Lipinski definition) is 4. The minimum absolute atomic E-state index is 0.133. The van der Waals surface area contributed by atoms with Gasteiger partial charge in [0.05, 0.1) is 22.8 Å². The average Bonchev–Trinajstić information content (AvgIpc) is 3.02. The van der Waals surface area contributed by atoms with E-state index in [0.717, 1.165) is 29.7 Å². The fraction of sp³-hybridized carbons (Fsp3) is 0.455. The van der Waals surface area contributed by atoms with Gasteiger partial charge in [0, 0.05) is 11.4 Å². The van der Waals surface area contributed by atoms with Crippen molar-refractivity contribution >= 4 is 39.8 Å². The van der Waals surface area contributed by atoms with E-state index in [1.807, 2.05) is 0 Å². The second-order valence-corrected chi connectivity index (χ2v) is 9.94. The Morgan fingerprint density at radius 1 is 1.24 bits per heavy atom. The first-order valence-electron chi connectivity index (χ1n) is 9.81. The van der Waals surface area contributed by atoms with Crippen molar-refractivity contribution in [2.24, 2.45) is 11.3 Å². The second-order valence-electron chi connectivity index (χ2n) is 8.43. The molecule has 3 N–H and O–H groups in total. The van der Waals surface area contributed by atoms with E-state index in [1.165, 1.54) is 11.3 Å². The fourth-order valence-electron chi connectivity index (χ4n) is 3.73. The number of hydrogen-bond donors (Lipinski definition) is 3. The summed E-state index contributed by atoms with van der Waals surface area (Å²) in [6, 6.07) is 6.84. The molecule has 2 amide bonds. The molecule has 1 aliphatic carbocycles. The number of carbonyl (C=O) groups is 2. The van der Waals surface area contributed by atoms with Crippen LogP contribution in [0.1, 0.15) is 58.3 Å². The van der Waals surface area contributed by atoms with Crippen LogP contribution in [0.25, 0.3) is 0 Å². The Kier molecular flexibility index (Phi) is 6.66. The van der Waals surface area contributed by atoms with Crippen LogP contribution in [-0.2, 0) is 12.8 Å². The summed E-state index contributed by atoms with van der Waals surface area (Å²) < 4.78 is 0. The van der Waals surface area contributed by atoms with Gasteiger partial charge in [-0.1, -0.05) is 44.5 Å². The standard InChI is InChI=1S/C22H27ClN2O3S/c1-22(2,3)13-8-9-15-17(12-13)29-21(18(15)20(28)24-10-11-26)25-19(27)14-6-4-5-7-16(14)23/h4-7,13,26H,8-12H2,1-3H3,(H,24,28)(H,25,27). The zero-order chi connectivity index (χ0) is 21.2. The van der Waals surface area contributed by atoms with Crippen molar-refractivity contribution in [3.63, 3.8) is 0 Å². The van der Waals surface area contributed by atoms with Gasteiger partial charge in [0.15, 0.2) is 0 Å². The number of aliphatic hydroxyl groups is 1. The van der Waals surface area contributed by atoms with Gasteiger partial charge < -0.3 is 15.7 Å². The Hall–Kier alpha value is -1.89. The fourth-order valence-corrected chi connectivity index (χ4v) is 5.27. The first-order valence-corrected chi connectivity index (χ1v) is 11.0. The maximum atomic E-state index is 12.8. The molecule has 1 aromatic heterocycles. The van der Waals surface area contributed by atoms with Gasteiger partial charge in [0.25, 0.3) is 11.8 Å². The van der Waals surface area contributed by atoms with E-state index in [9.17, 15) is 9.59 Å². The van der Waals surface area contributed by atoms with Crippen LogP contribution in [-0.4, -0.2) is 30.1 Å². The number of nitrogens with one attached hydrogen (secondary N) is 2. The molecule has 1 aromatic carbocycles. The van der Waals surface area contributed by atoms with Crippen molar-refractivity contribution < 1.29 is 14.7 Å². The molecular weight excluding hydrogens is 408 g/mol. The SMILES string of the molecule is CC(C)(C)C1CCc2c(sc(NC(=O)c3ccccc3Cl)c2C(=O)NCCO)C1. The van der Waals surface area contributed by atoms with E-state index >= 15 is 0 Å². The summed E-state index contributed by atoms with van der Waals surface area (Å²) in [7, 11) is 0. The summed E-state index contributed by atoms with van der Waals surface area (Å²) >= 11 is 7.64. The van der Waals surface area contributed by atoms with Gasteiger partial charge in [-0.2, -0.15) is 0 Å². The molecule has 0 radical (unpaired) electrons. The molecule has 1 aliphatic rings. The lowest BCUT2D eigenvalue weighted by Gasteiger charge is -2.33. The van der Waals surface area contributed by atoms with Gasteiger partial charge in [-0.3, -0.25) is 9.59 Å². The molecular formula is C22H27ClN2O3S. The van der Waals surface area contributed by atoms with Crippen LogP contribution in [0, 0.1) is 11.3 Å². The van der Waals surface area contributed by atoms with E-state index in [-0.39, 0.29) is 30.4 Å². The van der Waals surface area contributed by atoms with Crippen molar-refractivity contribution in [2.45, 2.75) is 40.0 Å². The minimum Gasteiger partial charge on any atom is -0.395 e. The Morgan fingerprint density at radius 3 is 2.62 bits per heavy atom. The van der Waals surface area contributed by atoms with E-state index in [2.05, 4.69) is 31.4 Å². The molecule has 1 atom stereocenters. The van der Waals surface area contributed by atoms with Gasteiger partial charge in [0.2, 0.25) is 0 Å². The van der Waals surface area contributed by atoms with Crippen LogP contribution in [0.5, 0.6) is 0 Å². The van der Waals surface area contributed by atoms with Crippen molar-refractivity contribution in [3.05, 3.63) is 50.9 Å². The first-order chi connectivity index (χ1) is 13.7. The number of benzene rings is 1. The molecule has 0 bridgehead atoms. The summed E-state index contributed by atoms with van der Waals surface area (Å²) in [5.74, 6) is -0.0767. The smallest absolute Gasteiger partial charge is 0.257 e. The Morgan fingerprint density at radius 2 is 1.97 bits per heavy atom. The van der Waals surface area contributed by atoms with Crippen LogP contribution in [0.15, 0.2) is 24.3 Å². The quantitative estimate of drug-likeness (QED) is 0.647. The Balaban J connectivity index is 1.95. The number of aliphatic hydroxyl groups excluding tert-OH is 1. The second kappa shape index (κ2) is 8.86. The largest absolute Gasteiger partial charge is 0.395 e. The highest BCUT2D eigenvalue weighted by Crippen LogP contribution is 2.44. The Labute approximate surface area is 180 Å². The molecule has 0 fully saturated rings. The number of rotatable bonds is 5. The lowest BCUT2D eigenvalue weighted by Crippen LogP contribution is -2.30. The topological polar surface area (TPSA) is 78.4 Å². The zero-order valence-electron chi connectivity index (χ0n) is 17.0. The maximum Gasteiger partial charge on any atom is 0.257 e. The molecule has 0 saturated heterocycles. The average molecular weight is 435 g/mol. The molecule has 1 unspecified atom stereocenters. The molecule has 1 heterocycles. The van der Waals surface area contributed by atoms with Crippen molar-refractivity contribution in [1.29, 1.82) is 0 Å². The number of amides is 2. The van der Waals surface area contributed by atoms with Gasteiger partial charge in [0.1, 0.15) is 5.00 Å². The van der Waals surface area contributed by atoms with Gasteiger partial charge in [-0.05, 0) is 48.3 Å². The molecule has 3 rings (SSSR count).